The van der Waals surface area contributed by atoms with Crippen LogP contribution >= 0.6 is 0 Å². The van der Waals surface area contributed by atoms with E-state index in [1.54, 1.807) is 6.20 Å². The molecule has 1 N–H and O–H groups in total. The van der Waals surface area contributed by atoms with Gasteiger partial charge in [-0.2, -0.15) is 0 Å². The van der Waals surface area contributed by atoms with Gasteiger partial charge in [-0.05, 0) is 12.3 Å². The Balaban J connectivity index is 2.48. The van der Waals surface area contributed by atoms with Gasteiger partial charge < -0.3 is 9.84 Å². The summed E-state index contributed by atoms with van der Waals surface area (Å²) in [6, 6.07) is 0. The van der Waals surface area contributed by atoms with Crippen LogP contribution in [0.25, 0.3) is 0 Å². The monoisotopic (exact) mass is 282 g/mol. The summed E-state index contributed by atoms with van der Waals surface area (Å²) in [6.45, 7) is 5.74. The molecule has 0 aliphatic carbocycles. The third-order valence-corrected chi connectivity index (χ3v) is 3.88. The number of aromatic nitrogens is 2. The first-order valence-corrected chi connectivity index (χ1v) is 7.02. The van der Waals surface area contributed by atoms with Gasteiger partial charge in [-0.25, -0.2) is 4.79 Å². The van der Waals surface area contributed by atoms with E-state index in [2.05, 4.69) is 0 Å². The zero-order valence-electron chi connectivity index (χ0n) is 12.4. The molecular weight excluding hydrogens is 260 g/mol. The highest BCUT2D eigenvalue weighted by Crippen LogP contribution is 2.29. The molecule has 2 rings (SSSR count). The Labute approximate surface area is 117 Å². The highest BCUT2D eigenvalue weighted by atomic mass is 16.5. The SMILES string of the molecule is CCC1OC(n2cc(C(C)C)c(=O)n(C)c2=O)CC1O. The second-order valence-corrected chi connectivity index (χ2v) is 5.63. The number of rotatable bonds is 3. The fraction of sp³-hybridized carbons (Fsp3) is 0.714. The van der Waals surface area contributed by atoms with Crippen molar-refractivity contribution in [2.75, 3.05) is 0 Å². The predicted octanol–water partition coefficient (Wildman–Crippen LogP) is 0.729. The molecule has 0 spiro atoms. The Morgan fingerprint density at radius 2 is 2.10 bits per heavy atom. The summed E-state index contributed by atoms with van der Waals surface area (Å²) in [7, 11) is 1.47. The first kappa shape index (κ1) is 15.0. The molecule has 3 atom stereocenters. The van der Waals surface area contributed by atoms with E-state index in [4.69, 9.17) is 4.74 Å². The van der Waals surface area contributed by atoms with E-state index in [1.807, 2.05) is 20.8 Å². The minimum Gasteiger partial charge on any atom is -0.390 e. The summed E-state index contributed by atoms with van der Waals surface area (Å²) in [5.41, 5.74) is -0.106. The Bertz CT molecular complexity index is 602. The molecule has 6 nitrogen and oxygen atoms in total. The molecule has 1 fully saturated rings. The van der Waals surface area contributed by atoms with Gasteiger partial charge in [0.2, 0.25) is 0 Å². The molecule has 1 aliphatic heterocycles. The summed E-state index contributed by atoms with van der Waals surface area (Å²) in [6.07, 6.45) is 1.30. The topological polar surface area (TPSA) is 73.5 Å². The second kappa shape index (κ2) is 5.54. The summed E-state index contributed by atoms with van der Waals surface area (Å²) in [4.78, 5) is 24.3. The Kier molecular flexibility index (Phi) is 4.15. The van der Waals surface area contributed by atoms with Crippen molar-refractivity contribution in [3.8, 4) is 0 Å². The Morgan fingerprint density at radius 3 is 2.60 bits per heavy atom. The quantitative estimate of drug-likeness (QED) is 0.887. The standard InChI is InChI=1S/C14H22N2O4/c1-5-11-10(17)6-12(20-11)16-7-9(8(2)3)13(18)15(4)14(16)19/h7-8,10-12,17H,5-6H2,1-4H3. The van der Waals surface area contributed by atoms with Gasteiger partial charge in [0.1, 0.15) is 6.23 Å². The smallest absolute Gasteiger partial charge is 0.332 e. The van der Waals surface area contributed by atoms with Gasteiger partial charge in [-0.3, -0.25) is 13.9 Å². The largest absolute Gasteiger partial charge is 0.390 e. The van der Waals surface area contributed by atoms with Crippen molar-refractivity contribution in [3.05, 3.63) is 32.6 Å². The molecule has 1 aromatic heterocycles. The van der Waals surface area contributed by atoms with Crippen molar-refractivity contribution >= 4 is 0 Å². The third-order valence-electron chi connectivity index (χ3n) is 3.88. The second-order valence-electron chi connectivity index (χ2n) is 5.63. The molecule has 0 radical (unpaired) electrons. The van der Waals surface area contributed by atoms with Crippen molar-refractivity contribution in [2.45, 2.75) is 58.0 Å². The van der Waals surface area contributed by atoms with Crippen LogP contribution < -0.4 is 11.2 Å². The van der Waals surface area contributed by atoms with Gasteiger partial charge in [0.15, 0.2) is 0 Å². The average molecular weight is 282 g/mol. The van der Waals surface area contributed by atoms with Crippen LogP contribution in [0.1, 0.15) is 51.3 Å². The van der Waals surface area contributed by atoms with Gasteiger partial charge in [0.05, 0.1) is 12.2 Å². The van der Waals surface area contributed by atoms with E-state index in [-0.39, 0.29) is 17.6 Å². The maximum atomic E-state index is 12.2. The lowest BCUT2D eigenvalue weighted by atomic mass is 10.1. The number of ether oxygens (including phenoxy) is 1. The van der Waals surface area contributed by atoms with E-state index < -0.39 is 18.0 Å². The first-order chi connectivity index (χ1) is 9.36. The van der Waals surface area contributed by atoms with E-state index in [0.29, 0.717) is 18.4 Å². The average Bonchev–Trinajstić information content (AvgIpc) is 2.77. The zero-order chi connectivity index (χ0) is 15.0. The molecule has 112 valence electrons. The summed E-state index contributed by atoms with van der Waals surface area (Å²) >= 11 is 0. The lowest BCUT2D eigenvalue weighted by Gasteiger charge is -2.18. The van der Waals surface area contributed by atoms with Crippen LogP contribution in [0.2, 0.25) is 0 Å². The van der Waals surface area contributed by atoms with Crippen LogP contribution in [0.5, 0.6) is 0 Å². The van der Waals surface area contributed by atoms with E-state index in [1.165, 1.54) is 11.6 Å². The van der Waals surface area contributed by atoms with Gasteiger partial charge in [0, 0.05) is 25.2 Å². The summed E-state index contributed by atoms with van der Waals surface area (Å²) in [5.74, 6) is 0.0221. The minimum atomic E-state index is -0.573. The van der Waals surface area contributed by atoms with Crippen LogP contribution in [0.15, 0.2) is 15.8 Å². The fourth-order valence-electron chi connectivity index (χ4n) is 2.57. The summed E-state index contributed by atoms with van der Waals surface area (Å²) in [5, 5.41) is 9.91. The molecule has 6 heteroatoms. The van der Waals surface area contributed by atoms with Crippen molar-refractivity contribution < 1.29 is 9.84 Å². The maximum Gasteiger partial charge on any atom is 0.332 e. The van der Waals surface area contributed by atoms with Gasteiger partial charge in [-0.1, -0.05) is 20.8 Å². The highest BCUT2D eigenvalue weighted by Gasteiger charge is 2.34. The van der Waals surface area contributed by atoms with E-state index in [0.717, 1.165) is 4.57 Å². The fourth-order valence-corrected chi connectivity index (χ4v) is 2.57. The molecule has 1 aliphatic rings. The van der Waals surface area contributed by atoms with Crippen LogP contribution in [-0.2, 0) is 11.8 Å². The molecule has 0 amide bonds. The van der Waals surface area contributed by atoms with Crippen LogP contribution in [0.4, 0.5) is 0 Å². The molecule has 3 unspecified atom stereocenters. The number of hydrogen-bond acceptors (Lipinski definition) is 4. The molecule has 0 aromatic carbocycles. The Hall–Kier alpha value is -1.40. The van der Waals surface area contributed by atoms with Crippen LogP contribution in [0, 0.1) is 0 Å². The zero-order valence-corrected chi connectivity index (χ0v) is 12.4. The molecule has 20 heavy (non-hydrogen) atoms. The first-order valence-electron chi connectivity index (χ1n) is 7.02. The Morgan fingerprint density at radius 1 is 1.45 bits per heavy atom. The molecule has 0 bridgehead atoms. The van der Waals surface area contributed by atoms with Crippen LogP contribution in [0.3, 0.4) is 0 Å². The molecule has 1 aromatic rings. The molecule has 2 heterocycles. The minimum absolute atomic E-state index is 0.0221. The number of nitrogens with zero attached hydrogens (tertiary/aromatic N) is 2. The third kappa shape index (κ3) is 2.45. The van der Waals surface area contributed by atoms with Gasteiger partial charge in [0.25, 0.3) is 5.56 Å². The maximum absolute atomic E-state index is 12.2. The lowest BCUT2D eigenvalue weighted by molar-refractivity contribution is -0.0223. The van der Waals surface area contributed by atoms with Crippen molar-refractivity contribution in [3.63, 3.8) is 0 Å². The van der Waals surface area contributed by atoms with Gasteiger partial charge in [-0.15, -0.1) is 0 Å². The normalized spacial score (nSPS) is 26.4. The summed E-state index contributed by atoms with van der Waals surface area (Å²) < 4.78 is 8.24. The molecule has 1 saturated heterocycles. The number of aliphatic hydroxyl groups excluding tert-OH is 1. The lowest BCUT2D eigenvalue weighted by Crippen LogP contribution is -2.41. The molecular formula is C14H22N2O4. The van der Waals surface area contributed by atoms with Crippen molar-refractivity contribution in [1.82, 2.24) is 9.13 Å². The van der Waals surface area contributed by atoms with Crippen molar-refractivity contribution in [1.29, 1.82) is 0 Å². The molecule has 0 saturated carbocycles. The number of aliphatic hydroxyl groups is 1. The highest BCUT2D eigenvalue weighted by molar-refractivity contribution is 5.11. The van der Waals surface area contributed by atoms with E-state index in [9.17, 15) is 14.7 Å². The van der Waals surface area contributed by atoms with E-state index >= 15 is 0 Å². The number of hydrogen-bond donors (Lipinski definition) is 1. The van der Waals surface area contributed by atoms with Crippen LogP contribution in [-0.4, -0.2) is 26.4 Å². The predicted molar refractivity (Wildman–Crippen MR) is 74.9 cm³/mol. The van der Waals surface area contributed by atoms with Crippen molar-refractivity contribution in [2.24, 2.45) is 7.05 Å². The van der Waals surface area contributed by atoms with Gasteiger partial charge >= 0.3 is 5.69 Å².